The van der Waals surface area contributed by atoms with Crippen molar-refractivity contribution < 1.29 is 0 Å². The summed E-state index contributed by atoms with van der Waals surface area (Å²) in [5.41, 5.74) is 0. The molecule has 0 aromatic carbocycles. The molecule has 0 unspecified atom stereocenters. The molecule has 0 aliphatic carbocycles. The minimum absolute atomic E-state index is 0. The molecule has 0 bridgehead atoms. The second kappa shape index (κ2) is 371000. The molecule has 0 radical (unpaired) electrons. The fourth-order valence-corrected chi connectivity index (χ4v) is 0. The molecule has 0 heterocycles. The van der Waals surface area contributed by atoms with Crippen molar-refractivity contribution in [2.45, 2.75) is 135 Å². The zero-order valence-corrected chi connectivity index (χ0v) is 14.8. The van der Waals surface area contributed by atoms with Crippen LogP contribution in [0.2, 0.25) is 0 Å². The van der Waals surface area contributed by atoms with E-state index in [0.717, 1.165) is 0 Å². The SMILES string of the molecule is C.C.C.C.C.C.C.CC.CC.CC.CC.CC.CC.N.N.N.N. The maximum absolute atomic E-state index is 2.00. The van der Waals surface area contributed by atoms with Crippen LogP contribution in [-0.2, 0) is 0 Å². The Hall–Kier alpha value is -0.160. The standard InChI is InChI=1S/6C2H6.7CH4.4H3N/c6*1-2;;;;;;;;;;;/h6*1-2H3;7*1H4;4*1H3. The molecule has 0 saturated heterocycles. The predicted molar refractivity (Wildman–Crippen MR) is 135 cm³/mol. The van der Waals surface area contributed by atoms with Gasteiger partial charge in [-0.3, -0.25) is 0 Å². The highest BCUT2D eigenvalue weighted by Crippen LogP contribution is 1.15. The van der Waals surface area contributed by atoms with Gasteiger partial charge in [-0.1, -0.05) is 135 Å². The fraction of sp³-hybridized carbons (Fsp3) is 1.00. The first kappa shape index (κ1) is 319. The summed E-state index contributed by atoms with van der Waals surface area (Å²) >= 11 is 0. The molecule has 172 valence electrons. The summed E-state index contributed by atoms with van der Waals surface area (Å²) in [7, 11) is 0. The van der Waals surface area contributed by atoms with Gasteiger partial charge < -0.3 is 24.6 Å². The molecule has 0 amide bonds. The van der Waals surface area contributed by atoms with Crippen LogP contribution in [0.4, 0.5) is 0 Å². The van der Waals surface area contributed by atoms with E-state index in [1.54, 1.807) is 0 Å². The molecule has 0 aliphatic rings. The van der Waals surface area contributed by atoms with Crippen molar-refractivity contribution in [3.63, 3.8) is 0 Å². The number of rotatable bonds is 0. The Morgan fingerprint density at radius 3 is 0.174 bits per heavy atom. The normalized spacial score (nSPS) is 1.57. The molecular formula is C19H76N4. The van der Waals surface area contributed by atoms with E-state index in [9.17, 15) is 0 Å². The maximum atomic E-state index is 2.00. The summed E-state index contributed by atoms with van der Waals surface area (Å²) in [6, 6.07) is 0. The van der Waals surface area contributed by atoms with Gasteiger partial charge >= 0.3 is 0 Å². The second-order valence-electron chi connectivity index (χ2n) is 0. The van der Waals surface area contributed by atoms with Crippen molar-refractivity contribution in [2.24, 2.45) is 0 Å². The Labute approximate surface area is 160 Å². The average Bonchev–Trinajstić information content (AvgIpc) is 2.33. The monoisotopic (exact) mass is 361 g/mol. The van der Waals surface area contributed by atoms with Gasteiger partial charge in [0.1, 0.15) is 0 Å². The fourth-order valence-electron chi connectivity index (χ4n) is 0. The Morgan fingerprint density at radius 2 is 0.174 bits per heavy atom. The van der Waals surface area contributed by atoms with Gasteiger partial charge in [0.15, 0.2) is 0 Å². The number of hydrogen-bond acceptors (Lipinski definition) is 4. The van der Waals surface area contributed by atoms with E-state index in [1.807, 2.05) is 83.1 Å². The third kappa shape index (κ3) is 336000. The van der Waals surface area contributed by atoms with Gasteiger partial charge in [0, 0.05) is 0 Å². The molecule has 4 heteroatoms. The summed E-state index contributed by atoms with van der Waals surface area (Å²) in [5.74, 6) is 0. The van der Waals surface area contributed by atoms with E-state index in [1.165, 1.54) is 0 Å². The topological polar surface area (TPSA) is 140 Å². The highest BCUT2D eigenvalue weighted by molar-refractivity contribution is 3.51. The Kier molecular flexibility index (Phi) is 5150000. The van der Waals surface area contributed by atoms with Crippen molar-refractivity contribution >= 4 is 0 Å². The molecule has 0 saturated carbocycles. The molecule has 4 nitrogen and oxygen atoms in total. The summed E-state index contributed by atoms with van der Waals surface area (Å²) < 4.78 is 0. The van der Waals surface area contributed by atoms with Gasteiger partial charge in [-0.2, -0.15) is 0 Å². The zero-order chi connectivity index (χ0) is 12.0. The van der Waals surface area contributed by atoms with Gasteiger partial charge in [-0.25, -0.2) is 0 Å². The average molecular weight is 361 g/mol. The van der Waals surface area contributed by atoms with Crippen LogP contribution in [0.25, 0.3) is 0 Å². The molecule has 0 aromatic rings. The molecule has 0 rings (SSSR count). The molecule has 0 atom stereocenters. The van der Waals surface area contributed by atoms with Crippen LogP contribution in [0.1, 0.15) is 135 Å². The van der Waals surface area contributed by atoms with E-state index in [4.69, 9.17) is 0 Å². The quantitative estimate of drug-likeness (QED) is 0.340. The molecule has 0 spiro atoms. The van der Waals surface area contributed by atoms with Crippen molar-refractivity contribution in [1.29, 1.82) is 0 Å². The third-order valence-corrected chi connectivity index (χ3v) is 0. The minimum Gasteiger partial charge on any atom is -0.344 e. The van der Waals surface area contributed by atoms with Crippen molar-refractivity contribution in [1.82, 2.24) is 24.6 Å². The van der Waals surface area contributed by atoms with Gasteiger partial charge in [-0.15, -0.1) is 0 Å². The van der Waals surface area contributed by atoms with E-state index < -0.39 is 0 Å². The van der Waals surface area contributed by atoms with Gasteiger partial charge in [0.25, 0.3) is 0 Å². The highest BCUT2D eigenvalue weighted by atomic mass is 14.0. The molecule has 12 N–H and O–H groups in total. The minimum atomic E-state index is 0. The van der Waals surface area contributed by atoms with E-state index in [0.29, 0.717) is 0 Å². The first-order valence-corrected chi connectivity index (χ1v) is 6.00. The summed E-state index contributed by atoms with van der Waals surface area (Å²) in [5, 5.41) is 0. The van der Waals surface area contributed by atoms with Crippen molar-refractivity contribution in [2.75, 3.05) is 0 Å². The Morgan fingerprint density at radius 1 is 0.174 bits per heavy atom. The highest BCUT2D eigenvalue weighted by Gasteiger charge is 0.942. The largest absolute Gasteiger partial charge is 0.344 e. The number of hydrogen-bond donors (Lipinski definition) is 4. The van der Waals surface area contributed by atoms with Crippen LogP contribution < -0.4 is 24.6 Å². The van der Waals surface area contributed by atoms with Crippen LogP contribution in [0.15, 0.2) is 0 Å². The summed E-state index contributed by atoms with van der Waals surface area (Å²) in [6.07, 6.45) is 0. The molecule has 0 aromatic heterocycles. The van der Waals surface area contributed by atoms with E-state index in [2.05, 4.69) is 0 Å². The van der Waals surface area contributed by atoms with Gasteiger partial charge in [-0.05, 0) is 0 Å². The van der Waals surface area contributed by atoms with Crippen LogP contribution in [0.5, 0.6) is 0 Å². The van der Waals surface area contributed by atoms with Crippen molar-refractivity contribution in [3.8, 4) is 0 Å². The van der Waals surface area contributed by atoms with E-state index in [-0.39, 0.29) is 76.6 Å². The lowest BCUT2D eigenvalue weighted by atomic mass is 11.0. The van der Waals surface area contributed by atoms with Gasteiger partial charge in [0.2, 0.25) is 0 Å². The smallest absolute Gasteiger partial charge is 0.0683 e. The van der Waals surface area contributed by atoms with Gasteiger partial charge in [0.05, 0.1) is 0 Å². The second-order valence-corrected chi connectivity index (χ2v) is 0. The van der Waals surface area contributed by atoms with E-state index >= 15 is 0 Å². The zero-order valence-electron chi connectivity index (χ0n) is 14.8. The van der Waals surface area contributed by atoms with Crippen molar-refractivity contribution in [3.05, 3.63) is 0 Å². The molecule has 0 fully saturated rings. The Bertz CT molecular complexity index is 15.3. The van der Waals surface area contributed by atoms with Crippen LogP contribution in [0.3, 0.4) is 0 Å². The predicted octanol–water partition coefficient (Wildman–Crippen LogP) is 11.3. The third-order valence-electron chi connectivity index (χ3n) is 0. The molecular weight excluding hydrogens is 284 g/mol. The lowest BCUT2D eigenvalue weighted by Crippen LogP contribution is -0.856. The first-order chi connectivity index (χ1) is 6.00. The van der Waals surface area contributed by atoms with Crippen LogP contribution in [0, 0.1) is 0 Å². The lowest BCUT2D eigenvalue weighted by Gasteiger charge is -1.07. The molecule has 23 heavy (non-hydrogen) atoms. The maximum Gasteiger partial charge on any atom is -0.0683 e. The lowest BCUT2D eigenvalue weighted by molar-refractivity contribution is 1.50. The van der Waals surface area contributed by atoms with Crippen LogP contribution >= 0.6 is 0 Å². The Balaban J connectivity index is -0.00000000114. The molecule has 0 aliphatic heterocycles. The first-order valence-electron chi connectivity index (χ1n) is 6.00. The van der Waals surface area contributed by atoms with Crippen LogP contribution in [-0.4, -0.2) is 0 Å². The summed E-state index contributed by atoms with van der Waals surface area (Å²) in [4.78, 5) is 0. The summed E-state index contributed by atoms with van der Waals surface area (Å²) in [6.45, 7) is 24.0.